The van der Waals surface area contributed by atoms with Crippen LogP contribution in [-0.2, 0) is 16.1 Å². The third-order valence-electron chi connectivity index (χ3n) is 7.27. The number of nitro benzene ring substituents is 1. The van der Waals surface area contributed by atoms with E-state index >= 15 is 0 Å². The van der Waals surface area contributed by atoms with Crippen LogP contribution in [0.2, 0.25) is 0 Å². The summed E-state index contributed by atoms with van der Waals surface area (Å²) in [6, 6.07) is 27.2. The second kappa shape index (κ2) is 13.1. The lowest BCUT2D eigenvalue weighted by Crippen LogP contribution is -2.40. The van der Waals surface area contributed by atoms with Gasteiger partial charge < -0.3 is 9.47 Å². The van der Waals surface area contributed by atoms with Crippen molar-refractivity contribution in [1.29, 1.82) is 0 Å². The number of esters is 1. The van der Waals surface area contributed by atoms with E-state index in [-0.39, 0.29) is 30.0 Å². The van der Waals surface area contributed by atoms with Crippen LogP contribution in [0.4, 0.5) is 10.1 Å². The van der Waals surface area contributed by atoms with Crippen molar-refractivity contribution in [2.75, 3.05) is 6.61 Å². The SMILES string of the molecule is CCOC(=O)C1=C(c2ccccc2)N=c2s/c(=C\c3cccc(OCc4ccc([N+](=O)[O-])cc4)c3)c(=O)n2[C@H]1c1ccc(F)cc1. The zero-order valence-electron chi connectivity index (χ0n) is 24.5. The Labute approximate surface area is 266 Å². The lowest BCUT2D eigenvalue weighted by atomic mass is 9.93. The first-order valence-electron chi connectivity index (χ1n) is 14.3. The number of fused-ring (bicyclic) bond motifs is 1. The first-order chi connectivity index (χ1) is 22.3. The zero-order chi connectivity index (χ0) is 32.2. The number of thiazole rings is 1. The molecule has 0 fully saturated rings. The highest BCUT2D eigenvalue weighted by Gasteiger charge is 2.35. The molecule has 0 unspecified atom stereocenters. The lowest BCUT2D eigenvalue weighted by molar-refractivity contribution is -0.384. The number of hydrogen-bond donors (Lipinski definition) is 0. The Balaban J connectivity index is 1.43. The Hall–Kier alpha value is -5.68. The molecule has 0 radical (unpaired) electrons. The first-order valence-corrected chi connectivity index (χ1v) is 15.1. The van der Waals surface area contributed by atoms with Crippen molar-refractivity contribution in [3.63, 3.8) is 0 Å². The normalized spacial score (nSPS) is 14.4. The summed E-state index contributed by atoms with van der Waals surface area (Å²) in [6.45, 7) is 2.01. The maximum absolute atomic E-state index is 14.1. The number of ether oxygens (including phenoxy) is 2. The molecular weight excluding hydrogens is 609 g/mol. The molecule has 0 aliphatic carbocycles. The third kappa shape index (κ3) is 6.26. The Bertz CT molecular complexity index is 2140. The molecule has 0 bridgehead atoms. The van der Waals surface area contributed by atoms with Gasteiger partial charge in [0.25, 0.3) is 11.2 Å². The Morgan fingerprint density at radius 2 is 1.76 bits per heavy atom. The fourth-order valence-electron chi connectivity index (χ4n) is 5.13. The minimum absolute atomic E-state index is 0.000790. The highest BCUT2D eigenvalue weighted by atomic mass is 32.1. The number of nitrogens with zero attached hydrogens (tertiary/aromatic N) is 3. The van der Waals surface area contributed by atoms with E-state index in [1.807, 2.05) is 36.4 Å². The number of aromatic nitrogens is 1. The van der Waals surface area contributed by atoms with Crippen LogP contribution in [0.3, 0.4) is 0 Å². The van der Waals surface area contributed by atoms with Gasteiger partial charge in [0.05, 0.1) is 33.4 Å². The quantitative estimate of drug-likeness (QED) is 0.119. The molecule has 1 aromatic heterocycles. The molecule has 46 heavy (non-hydrogen) atoms. The van der Waals surface area contributed by atoms with Gasteiger partial charge in [-0.15, -0.1) is 0 Å². The molecular formula is C35H26FN3O6S. The van der Waals surface area contributed by atoms with Crippen LogP contribution in [0.1, 0.15) is 35.2 Å². The van der Waals surface area contributed by atoms with E-state index in [2.05, 4.69) is 0 Å². The van der Waals surface area contributed by atoms with E-state index in [0.29, 0.717) is 37.5 Å². The molecule has 0 spiro atoms. The predicted molar refractivity (Wildman–Crippen MR) is 171 cm³/mol. The third-order valence-corrected chi connectivity index (χ3v) is 8.25. The average molecular weight is 636 g/mol. The van der Waals surface area contributed by atoms with Crippen LogP contribution in [0.15, 0.2) is 118 Å². The standard InChI is InChI=1S/C35H26FN3O6S/c1-2-44-34(41)30-31(24-8-4-3-5-9-24)37-35-38(32(30)25-13-15-26(36)16-14-25)33(40)29(46-35)20-23-7-6-10-28(19-23)45-21-22-11-17-27(18-12-22)39(42)43/h3-20,32H,2,21H2,1H3/b29-20-/t32-/m0/s1. The topological polar surface area (TPSA) is 113 Å². The zero-order valence-corrected chi connectivity index (χ0v) is 25.3. The van der Waals surface area contributed by atoms with Crippen LogP contribution in [0.25, 0.3) is 11.8 Å². The first kappa shape index (κ1) is 30.4. The summed E-state index contributed by atoms with van der Waals surface area (Å²) in [5, 5.41) is 10.9. The van der Waals surface area contributed by atoms with E-state index < -0.39 is 22.8 Å². The monoisotopic (exact) mass is 635 g/mol. The summed E-state index contributed by atoms with van der Waals surface area (Å²) in [6.07, 6.45) is 1.72. The number of nitro groups is 1. The van der Waals surface area contributed by atoms with Crippen molar-refractivity contribution in [1.82, 2.24) is 4.57 Å². The lowest BCUT2D eigenvalue weighted by Gasteiger charge is -2.25. The van der Waals surface area contributed by atoms with Crippen LogP contribution in [-0.4, -0.2) is 22.1 Å². The van der Waals surface area contributed by atoms with Gasteiger partial charge >= 0.3 is 5.97 Å². The molecule has 2 heterocycles. The fraction of sp³-hybridized carbons (Fsp3) is 0.114. The van der Waals surface area contributed by atoms with Crippen molar-refractivity contribution in [3.8, 4) is 5.75 Å². The van der Waals surface area contributed by atoms with E-state index in [4.69, 9.17) is 14.5 Å². The molecule has 6 rings (SSSR count). The summed E-state index contributed by atoms with van der Waals surface area (Å²) in [5.41, 5.74) is 2.84. The largest absolute Gasteiger partial charge is 0.489 e. The predicted octanol–water partition coefficient (Wildman–Crippen LogP) is 5.56. The minimum atomic E-state index is -0.912. The molecule has 0 amide bonds. The van der Waals surface area contributed by atoms with Gasteiger partial charge in [-0.1, -0.05) is 65.9 Å². The number of carbonyl (C=O) groups excluding carboxylic acids is 1. The Morgan fingerprint density at radius 3 is 2.46 bits per heavy atom. The van der Waals surface area contributed by atoms with Gasteiger partial charge in [0, 0.05) is 17.7 Å². The highest BCUT2D eigenvalue weighted by molar-refractivity contribution is 7.07. The smallest absolute Gasteiger partial charge is 0.338 e. The van der Waals surface area contributed by atoms with Crippen molar-refractivity contribution >= 4 is 34.8 Å². The molecule has 0 saturated heterocycles. The van der Waals surface area contributed by atoms with Gasteiger partial charge in [-0.3, -0.25) is 19.5 Å². The van der Waals surface area contributed by atoms with Gasteiger partial charge in [-0.05, 0) is 66.1 Å². The summed E-state index contributed by atoms with van der Waals surface area (Å²) < 4.78 is 27.2. The van der Waals surface area contributed by atoms with Crippen LogP contribution in [0.5, 0.6) is 5.75 Å². The Kier molecular flexibility index (Phi) is 8.66. The van der Waals surface area contributed by atoms with Crippen molar-refractivity contribution in [2.24, 2.45) is 4.99 Å². The van der Waals surface area contributed by atoms with Crippen molar-refractivity contribution in [3.05, 3.63) is 167 Å². The maximum Gasteiger partial charge on any atom is 0.338 e. The van der Waals surface area contributed by atoms with E-state index in [1.54, 1.807) is 55.5 Å². The van der Waals surface area contributed by atoms with Gasteiger partial charge in [0.1, 0.15) is 18.2 Å². The van der Waals surface area contributed by atoms with Crippen LogP contribution >= 0.6 is 11.3 Å². The number of benzene rings is 4. The second-order valence-corrected chi connectivity index (χ2v) is 11.3. The molecule has 1 aliphatic rings. The van der Waals surface area contributed by atoms with Gasteiger partial charge in [0.15, 0.2) is 4.80 Å². The number of non-ortho nitro benzene ring substituents is 1. The number of carbonyl (C=O) groups is 1. The van der Waals surface area contributed by atoms with Crippen molar-refractivity contribution < 1.29 is 23.6 Å². The summed E-state index contributed by atoms with van der Waals surface area (Å²) in [5.74, 6) is -0.525. The molecule has 230 valence electrons. The molecule has 4 aromatic carbocycles. The van der Waals surface area contributed by atoms with E-state index in [1.165, 1.54) is 40.2 Å². The Morgan fingerprint density at radius 1 is 1.02 bits per heavy atom. The summed E-state index contributed by atoms with van der Waals surface area (Å²) >= 11 is 1.18. The van der Waals surface area contributed by atoms with Gasteiger partial charge in [-0.25, -0.2) is 14.2 Å². The number of hydrogen-bond acceptors (Lipinski definition) is 8. The highest BCUT2D eigenvalue weighted by Crippen LogP contribution is 2.35. The minimum Gasteiger partial charge on any atom is -0.489 e. The maximum atomic E-state index is 14.1. The molecule has 0 saturated carbocycles. The molecule has 1 atom stereocenters. The molecule has 1 aliphatic heterocycles. The summed E-state index contributed by atoms with van der Waals surface area (Å²) in [4.78, 5) is 43.2. The van der Waals surface area contributed by atoms with Crippen LogP contribution < -0.4 is 19.6 Å². The van der Waals surface area contributed by atoms with Gasteiger partial charge in [0.2, 0.25) is 0 Å². The van der Waals surface area contributed by atoms with Gasteiger partial charge in [-0.2, -0.15) is 0 Å². The molecule has 0 N–H and O–H groups in total. The van der Waals surface area contributed by atoms with Crippen molar-refractivity contribution in [2.45, 2.75) is 19.6 Å². The molecule has 5 aromatic rings. The molecule has 11 heteroatoms. The van der Waals surface area contributed by atoms with E-state index in [9.17, 15) is 24.1 Å². The average Bonchev–Trinajstić information content (AvgIpc) is 3.38. The molecule has 9 nitrogen and oxygen atoms in total. The number of rotatable bonds is 9. The second-order valence-electron chi connectivity index (χ2n) is 10.3. The summed E-state index contributed by atoms with van der Waals surface area (Å²) in [7, 11) is 0. The van der Waals surface area contributed by atoms with E-state index in [0.717, 1.165) is 5.56 Å². The fourth-order valence-corrected chi connectivity index (χ4v) is 6.13. The number of halogens is 1. The van der Waals surface area contributed by atoms with Crippen LogP contribution in [0, 0.1) is 15.9 Å².